The Kier molecular flexibility index (Phi) is 6.12. The third-order valence-corrected chi connectivity index (χ3v) is 2.86. The molecule has 5 heteroatoms. The molecular formula is C14H22N2O3. The largest absolute Gasteiger partial charge is 0.480 e. The molecule has 0 aliphatic rings. The predicted molar refractivity (Wildman–Crippen MR) is 73.1 cm³/mol. The second kappa shape index (κ2) is 7.61. The Morgan fingerprint density at radius 1 is 1.37 bits per heavy atom. The van der Waals surface area contributed by atoms with Crippen LogP contribution in [0.3, 0.4) is 0 Å². The minimum atomic E-state index is -0.956. The van der Waals surface area contributed by atoms with Gasteiger partial charge in [-0.2, -0.15) is 0 Å². The number of unbranched alkanes of at least 4 members (excludes halogenated alkanes) is 1. The zero-order chi connectivity index (χ0) is 14.3. The second-order valence-electron chi connectivity index (χ2n) is 5.06. The van der Waals surface area contributed by atoms with Crippen LogP contribution in [0, 0.1) is 5.92 Å². The molecule has 0 aliphatic carbocycles. The molecule has 0 aliphatic heterocycles. The fraction of sp³-hybridized carbons (Fsp3) is 0.571. The quantitative estimate of drug-likeness (QED) is 0.708. The van der Waals surface area contributed by atoms with Crippen LogP contribution in [0.1, 0.15) is 43.6 Å². The lowest BCUT2D eigenvalue weighted by atomic mass is 10.1. The summed E-state index contributed by atoms with van der Waals surface area (Å²) in [4.78, 5) is 22.5. The van der Waals surface area contributed by atoms with Crippen LogP contribution in [0.25, 0.3) is 0 Å². The van der Waals surface area contributed by atoms with E-state index in [0.29, 0.717) is 18.2 Å². The fourth-order valence-electron chi connectivity index (χ4n) is 1.87. The maximum absolute atomic E-state index is 11.9. The number of rotatable bonds is 8. The number of carboxylic acid groups (broad SMARTS) is 1. The van der Waals surface area contributed by atoms with Crippen molar-refractivity contribution >= 4 is 11.9 Å². The number of aliphatic carboxylic acids is 1. The van der Waals surface area contributed by atoms with Gasteiger partial charge >= 0.3 is 5.97 Å². The highest BCUT2D eigenvalue weighted by molar-refractivity contribution is 5.93. The van der Waals surface area contributed by atoms with Crippen LogP contribution >= 0.6 is 0 Å². The number of carbonyl (C=O) groups is 2. The van der Waals surface area contributed by atoms with E-state index in [9.17, 15) is 9.59 Å². The molecule has 0 saturated carbocycles. The first kappa shape index (κ1) is 15.3. The molecule has 1 heterocycles. The number of aromatic nitrogens is 1. The van der Waals surface area contributed by atoms with Crippen LogP contribution in [0.5, 0.6) is 0 Å². The number of nitrogens with zero attached hydrogens (tertiary/aromatic N) is 1. The van der Waals surface area contributed by atoms with E-state index in [1.165, 1.54) is 4.57 Å². The summed E-state index contributed by atoms with van der Waals surface area (Å²) in [5.41, 5.74) is 0.395. The van der Waals surface area contributed by atoms with Crippen molar-refractivity contribution in [2.24, 2.45) is 5.92 Å². The minimum absolute atomic E-state index is 0.191. The number of amides is 1. The molecule has 0 radical (unpaired) electrons. The van der Waals surface area contributed by atoms with E-state index in [1.54, 1.807) is 18.3 Å². The van der Waals surface area contributed by atoms with Crippen LogP contribution < -0.4 is 5.32 Å². The predicted octanol–water partition coefficient (Wildman–Crippen LogP) is 2.13. The first-order chi connectivity index (χ1) is 9.00. The topological polar surface area (TPSA) is 71.3 Å². The molecule has 5 nitrogen and oxygen atoms in total. The average Bonchev–Trinajstić information content (AvgIpc) is 2.75. The number of hydrogen-bond donors (Lipinski definition) is 2. The molecule has 0 bridgehead atoms. The van der Waals surface area contributed by atoms with E-state index in [2.05, 4.69) is 19.2 Å². The van der Waals surface area contributed by atoms with Gasteiger partial charge in [-0.15, -0.1) is 0 Å². The molecule has 1 aromatic heterocycles. The number of carboxylic acids is 1. The van der Waals surface area contributed by atoms with Crippen LogP contribution in [-0.2, 0) is 11.3 Å². The van der Waals surface area contributed by atoms with Crippen molar-refractivity contribution in [2.75, 3.05) is 6.54 Å². The minimum Gasteiger partial charge on any atom is -0.480 e. The Balaban J connectivity index is 2.37. The molecule has 0 fully saturated rings. The molecule has 0 atom stereocenters. The zero-order valence-corrected chi connectivity index (χ0v) is 11.6. The summed E-state index contributed by atoms with van der Waals surface area (Å²) in [7, 11) is 0. The highest BCUT2D eigenvalue weighted by atomic mass is 16.4. The Morgan fingerprint density at radius 2 is 2.11 bits per heavy atom. The summed E-state index contributed by atoms with van der Waals surface area (Å²) in [5, 5.41) is 11.6. The Morgan fingerprint density at radius 3 is 2.74 bits per heavy atom. The SMILES string of the molecule is CC(C)CCCCNC(=O)c1cccn1CC(=O)O. The van der Waals surface area contributed by atoms with E-state index in [1.807, 2.05) is 0 Å². The van der Waals surface area contributed by atoms with Gasteiger partial charge in [0.15, 0.2) is 0 Å². The molecule has 1 aromatic rings. The first-order valence-electron chi connectivity index (χ1n) is 6.66. The molecule has 1 rings (SSSR count). The second-order valence-corrected chi connectivity index (χ2v) is 5.06. The van der Waals surface area contributed by atoms with Crippen molar-refractivity contribution in [1.82, 2.24) is 9.88 Å². The number of hydrogen-bond acceptors (Lipinski definition) is 2. The number of carbonyl (C=O) groups excluding carboxylic acids is 1. The van der Waals surface area contributed by atoms with Gasteiger partial charge in [0.05, 0.1) is 0 Å². The summed E-state index contributed by atoms with van der Waals surface area (Å²) in [6.45, 7) is 4.79. The Labute approximate surface area is 113 Å². The van der Waals surface area contributed by atoms with Crippen LogP contribution in [0.15, 0.2) is 18.3 Å². The highest BCUT2D eigenvalue weighted by Gasteiger charge is 2.11. The smallest absolute Gasteiger partial charge is 0.323 e. The van der Waals surface area contributed by atoms with Gasteiger partial charge in [-0.25, -0.2) is 0 Å². The van der Waals surface area contributed by atoms with E-state index < -0.39 is 5.97 Å². The number of nitrogens with one attached hydrogen (secondary N) is 1. The summed E-state index contributed by atoms with van der Waals surface area (Å²) in [6, 6.07) is 3.31. The molecule has 0 unspecified atom stereocenters. The van der Waals surface area contributed by atoms with E-state index in [0.717, 1.165) is 19.3 Å². The molecule has 0 spiro atoms. The van der Waals surface area contributed by atoms with Gasteiger partial charge in [-0.3, -0.25) is 9.59 Å². The van der Waals surface area contributed by atoms with Gasteiger partial charge in [0, 0.05) is 12.7 Å². The van der Waals surface area contributed by atoms with Crippen molar-refractivity contribution in [3.05, 3.63) is 24.0 Å². The summed E-state index contributed by atoms with van der Waals surface area (Å²) in [5.74, 6) is -0.485. The van der Waals surface area contributed by atoms with Gasteiger partial charge in [-0.1, -0.05) is 26.7 Å². The highest BCUT2D eigenvalue weighted by Crippen LogP contribution is 2.06. The normalized spacial score (nSPS) is 10.7. The maximum atomic E-state index is 11.9. The molecule has 0 aromatic carbocycles. The third kappa shape index (κ3) is 5.59. The lowest BCUT2D eigenvalue weighted by Gasteiger charge is -2.08. The fourth-order valence-corrected chi connectivity index (χ4v) is 1.87. The summed E-state index contributed by atoms with van der Waals surface area (Å²) < 4.78 is 1.44. The first-order valence-corrected chi connectivity index (χ1v) is 6.66. The summed E-state index contributed by atoms with van der Waals surface area (Å²) >= 11 is 0. The molecule has 0 saturated heterocycles. The Bertz CT molecular complexity index is 424. The van der Waals surface area contributed by atoms with Crippen molar-refractivity contribution in [3.8, 4) is 0 Å². The van der Waals surface area contributed by atoms with Gasteiger partial charge in [0.2, 0.25) is 0 Å². The average molecular weight is 266 g/mol. The van der Waals surface area contributed by atoms with E-state index in [4.69, 9.17) is 5.11 Å². The lowest BCUT2D eigenvalue weighted by Crippen LogP contribution is -2.27. The molecule has 106 valence electrons. The van der Waals surface area contributed by atoms with Crippen molar-refractivity contribution in [2.45, 2.75) is 39.7 Å². The van der Waals surface area contributed by atoms with Gasteiger partial charge in [0.25, 0.3) is 5.91 Å². The molecule has 1 amide bonds. The lowest BCUT2D eigenvalue weighted by molar-refractivity contribution is -0.137. The van der Waals surface area contributed by atoms with Crippen LogP contribution in [-0.4, -0.2) is 28.1 Å². The van der Waals surface area contributed by atoms with Gasteiger partial charge in [0.1, 0.15) is 12.2 Å². The molecular weight excluding hydrogens is 244 g/mol. The van der Waals surface area contributed by atoms with Crippen molar-refractivity contribution < 1.29 is 14.7 Å². The molecule has 19 heavy (non-hydrogen) atoms. The van der Waals surface area contributed by atoms with Crippen molar-refractivity contribution in [1.29, 1.82) is 0 Å². The van der Waals surface area contributed by atoms with Crippen LogP contribution in [0.4, 0.5) is 0 Å². The van der Waals surface area contributed by atoms with Gasteiger partial charge < -0.3 is 15.0 Å². The standard InChI is InChI=1S/C14H22N2O3/c1-11(2)6-3-4-8-15-14(19)12-7-5-9-16(12)10-13(17)18/h5,7,9,11H,3-4,6,8,10H2,1-2H3,(H,15,19)(H,17,18). The van der Waals surface area contributed by atoms with Crippen molar-refractivity contribution in [3.63, 3.8) is 0 Å². The van der Waals surface area contributed by atoms with E-state index >= 15 is 0 Å². The molecule has 2 N–H and O–H groups in total. The third-order valence-electron chi connectivity index (χ3n) is 2.86. The Hall–Kier alpha value is -1.78. The zero-order valence-electron chi connectivity index (χ0n) is 11.6. The van der Waals surface area contributed by atoms with E-state index in [-0.39, 0.29) is 12.5 Å². The van der Waals surface area contributed by atoms with Gasteiger partial charge in [-0.05, 0) is 24.5 Å². The summed E-state index contributed by atoms with van der Waals surface area (Å²) in [6.07, 6.45) is 4.80. The maximum Gasteiger partial charge on any atom is 0.323 e. The van der Waals surface area contributed by atoms with Crippen LogP contribution in [0.2, 0.25) is 0 Å². The monoisotopic (exact) mass is 266 g/mol.